The molecule has 0 aromatic heterocycles. The number of hydrogen-bond donors (Lipinski definition) is 2. The zero-order valence-corrected chi connectivity index (χ0v) is 11.1. The quantitative estimate of drug-likeness (QED) is 0.895. The Morgan fingerprint density at radius 3 is 2.35 bits per heavy atom. The average molecular weight is 269 g/mol. The largest absolute Gasteiger partial charge is 0.481 e. The SMILES string of the molecule is CNC(=O)c1cccc(-c2cccc(CC(=O)O)c2)c1. The molecule has 0 fully saturated rings. The molecule has 0 bridgehead atoms. The Bertz CT molecular complexity index is 650. The average Bonchev–Trinajstić information content (AvgIpc) is 2.46. The smallest absolute Gasteiger partial charge is 0.307 e. The summed E-state index contributed by atoms with van der Waals surface area (Å²) in [6.07, 6.45) is -0.0109. The number of nitrogens with one attached hydrogen (secondary N) is 1. The molecule has 0 saturated heterocycles. The zero-order chi connectivity index (χ0) is 14.5. The van der Waals surface area contributed by atoms with E-state index in [1.165, 1.54) is 0 Å². The summed E-state index contributed by atoms with van der Waals surface area (Å²) in [6, 6.07) is 14.6. The molecule has 2 aromatic rings. The molecular formula is C16H15NO3. The molecule has 2 N–H and O–H groups in total. The molecule has 20 heavy (non-hydrogen) atoms. The Hall–Kier alpha value is -2.62. The van der Waals surface area contributed by atoms with Crippen molar-refractivity contribution in [2.24, 2.45) is 0 Å². The van der Waals surface area contributed by atoms with E-state index in [-0.39, 0.29) is 12.3 Å². The minimum absolute atomic E-state index is 0.0109. The molecule has 0 saturated carbocycles. The summed E-state index contributed by atoms with van der Waals surface area (Å²) in [7, 11) is 1.59. The molecule has 0 spiro atoms. The van der Waals surface area contributed by atoms with Crippen molar-refractivity contribution < 1.29 is 14.7 Å². The summed E-state index contributed by atoms with van der Waals surface area (Å²) in [5, 5.41) is 11.4. The van der Waals surface area contributed by atoms with Gasteiger partial charge in [0.25, 0.3) is 5.91 Å². The summed E-state index contributed by atoms with van der Waals surface area (Å²) < 4.78 is 0. The second-order valence-corrected chi connectivity index (χ2v) is 4.43. The van der Waals surface area contributed by atoms with Crippen molar-refractivity contribution >= 4 is 11.9 Å². The summed E-state index contributed by atoms with van der Waals surface area (Å²) in [5.41, 5.74) is 3.10. The van der Waals surface area contributed by atoms with E-state index >= 15 is 0 Å². The first-order chi connectivity index (χ1) is 9.60. The van der Waals surface area contributed by atoms with Gasteiger partial charge in [-0.05, 0) is 28.8 Å². The molecule has 0 unspecified atom stereocenters. The predicted octanol–water partition coefficient (Wildman–Crippen LogP) is 2.34. The maximum Gasteiger partial charge on any atom is 0.307 e. The van der Waals surface area contributed by atoms with Crippen LogP contribution in [0.25, 0.3) is 11.1 Å². The van der Waals surface area contributed by atoms with Crippen LogP contribution in [0.5, 0.6) is 0 Å². The van der Waals surface area contributed by atoms with Gasteiger partial charge in [0, 0.05) is 12.6 Å². The lowest BCUT2D eigenvalue weighted by Crippen LogP contribution is -2.17. The fraction of sp³-hybridized carbons (Fsp3) is 0.125. The Kier molecular flexibility index (Phi) is 4.15. The highest BCUT2D eigenvalue weighted by atomic mass is 16.4. The number of rotatable bonds is 4. The first kappa shape index (κ1) is 13.8. The molecule has 0 aliphatic carbocycles. The van der Waals surface area contributed by atoms with Crippen LogP contribution < -0.4 is 5.32 Å². The fourth-order valence-electron chi connectivity index (χ4n) is 2.02. The van der Waals surface area contributed by atoms with E-state index in [4.69, 9.17) is 5.11 Å². The number of amides is 1. The standard InChI is InChI=1S/C16H15NO3/c1-17-16(20)14-7-3-6-13(10-14)12-5-2-4-11(8-12)9-15(18)19/h2-8,10H,9H2,1H3,(H,17,20)(H,18,19). The van der Waals surface area contributed by atoms with Crippen LogP contribution in [0.1, 0.15) is 15.9 Å². The summed E-state index contributed by atoms with van der Waals surface area (Å²) in [5.74, 6) is -1.00. The number of carboxylic acid groups (broad SMARTS) is 1. The topological polar surface area (TPSA) is 66.4 Å². The Balaban J connectivity index is 2.36. The van der Waals surface area contributed by atoms with Crippen molar-refractivity contribution in [1.29, 1.82) is 0 Å². The second-order valence-electron chi connectivity index (χ2n) is 4.43. The van der Waals surface area contributed by atoms with Crippen LogP contribution in [0.4, 0.5) is 0 Å². The Labute approximate surface area is 117 Å². The predicted molar refractivity (Wildman–Crippen MR) is 76.6 cm³/mol. The van der Waals surface area contributed by atoms with Gasteiger partial charge >= 0.3 is 5.97 Å². The van der Waals surface area contributed by atoms with Crippen LogP contribution in [-0.2, 0) is 11.2 Å². The van der Waals surface area contributed by atoms with Gasteiger partial charge in [-0.1, -0.05) is 36.4 Å². The highest BCUT2D eigenvalue weighted by Crippen LogP contribution is 2.22. The van der Waals surface area contributed by atoms with Crippen molar-refractivity contribution in [3.05, 3.63) is 59.7 Å². The third kappa shape index (κ3) is 3.23. The molecule has 0 aliphatic heterocycles. The Morgan fingerprint density at radius 2 is 1.70 bits per heavy atom. The van der Waals surface area contributed by atoms with Gasteiger partial charge < -0.3 is 10.4 Å². The molecule has 2 rings (SSSR count). The minimum atomic E-state index is -0.860. The molecule has 4 nitrogen and oxygen atoms in total. The first-order valence-electron chi connectivity index (χ1n) is 6.23. The Morgan fingerprint density at radius 1 is 1.05 bits per heavy atom. The number of benzene rings is 2. The lowest BCUT2D eigenvalue weighted by atomic mass is 10.00. The monoisotopic (exact) mass is 269 g/mol. The van der Waals surface area contributed by atoms with Gasteiger partial charge in [0.1, 0.15) is 0 Å². The number of carbonyl (C=O) groups excluding carboxylic acids is 1. The lowest BCUT2D eigenvalue weighted by molar-refractivity contribution is -0.136. The van der Waals surface area contributed by atoms with Gasteiger partial charge in [-0.25, -0.2) is 0 Å². The van der Waals surface area contributed by atoms with E-state index in [2.05, 4.69) is 5.32 Å². The lowest BCUT2D eigenvalue weighted by Gasteiger charge is -2.06. The first-order valence-corrected chi connectivity index (χ1v) is 6.23. The third-order valence-electron chi connectivity index (χ3n) is 2.97. The van der Waals surface area contributed by atoms with Gasteiger partial charge in [-0.15, -0.1) is 0 Å². The molecule has 0 radical (unpaired) electrons. The van der Waals surface area contributed by atoms with E-state index in [1.54, 1.807) is 25.2 Å². The molecule has 0 atom stereocenters. The van der Waals surface area contributed by atoms with Gasteiger partial charge in [0.2, 0.25) is 0 Å². The zero-order valence-electron chi connectivity index (χ0n) is 11.1. The molecule has 0 heterocycles. The van der Waals surface area contributed by atoms with Gasteiger partial charge in [-0.2, -0.15) is 0 Å². The fourth-order valence-corrected chi connectivity index (χ4v) is 2.02. The highest BCUT2D eigenvalue weighted by Gasteiger charge is 2.06. The van der Waals surface area contributed by atoms with Crippen LogP contribution in [0.3, 0.4) is 0 Å². The van der Waals surface area contributed by atoms with Gasteiger partial charge in [0.15, 0.2) is 0 Å². The maximum atomic E-state index is 11.6. The highest BCUT2D eigenvalue weighted by molar-refractivity contribution is 5.95. The summed E-state index contributed by atoms with van der Waals surface area (Å²) >= 11 is 0. The van der Waals surface area contributed by atoms with Crippen LogP contribution in [0.15, 0.2) is 48.5 Å². The number of hydrogen-bond acceptors (Lipinski definition) is 2. The third-order valence-corrected chi connectivity index (χ3v) is 2.97. The molecule has 0 aliphatic rings. The summed E-state index contributed by atoms with van der Waals surface area (Å²) in [4.78, 5) is 22.4. The van der Waals surface area contributed by atoms with E-state index in [0.29, 0.717) is 5.56 Å². The van der Waals surface area contributed by atoms with Crippen molar-refractivity contribution in [3.8, 4) is 11.1 Å². The van der Waals surface area contributed by atoms with Crippen LogP contribution >= 0.6 is 0 Å². The van der Waals surface area contributed by atoms with E-state index in [9.17, 15) is 9.59 Å². The van der Waals surface area contributed by atoms with Crippen LogP contribution in [0, 0.1) is 0 Å². The molecule has 2 aromatic carbocycles. The number of carboxylic acids is 1. The van der Waals surface area contributed by atoms with Crippen molar-refractivity contribution in [2.75, 3.05) is 7.05 Å². The van der Waals surface area contributed by atoms with E-state index < -0.39 is 5.97 Å². The normalized spacial score (nSPS) is 10.1. The van der Waals surface area contributed by atoms with Crippen LogP contribution in [-0.4, -0.2) is 24.0 Å². The molecular weight excluding hydrogens is 254 g/mol. The van der Waals surface area contributed by atoms with E-state index in [0.717, 1.165) is 16.7 Å². The molecule has 1 amide bonds. The van der Waals surface area contributed by atoms with Crippen molar-refractivity contribution in [1.82, 2.24) is 5.32 Å². The van der Waals surface area contributed by atoms with Crippen LogP contribution in [0.2, 0.25) is 0 Å². The molecule has 102 valence electrons. The van der Waals surface area contributed by atoms with E-state index in [1.807, 2.05) is 30.3 Å². The van der Waals surface area contributed by atoms with Gasteiger partial charge in [-0.3, -0.25) is 9.59 Å². The summed E-state index contributed by atoms with van der Waals surface area (Å²) in [6.45, 7) is 0. The number of aliphatic carboxylic acids is 1. The van der Waals surface area contributed by atoms with Crippen molar-refractivity contribution in [2.45, 2.75) is 6.42 Å². The van der Waals surface area contributed by atoms with Crippen molar-refractivity contribution in [3.63, 3.8) is 0 Å². The van der Waals surface area contributed by atoms with Gasteiger partial charge in [0.05, 0.1) is 6.42 Å². The second kappa shape index (κ2) is 6.02. The molecule has 4 heteroatoms. The minimum Gasteiger partial charge on any atom is -0.481 e. The maximum absolute atomic E-state index is 11.6. The number of carbonyl (C=O) groups is 2.